The third-order valence-corrected chi connectivity index (χ3v) is 10.7. The van der Waals surface area contributed by atoms with Crippen molar-refractivity contribution in [3.05, 3.63) is 129 Å². The minimum Gasteiger partial charge on any atom is -0.444 e. The number of rotatable bonds is 19. The molecule has 0 saturated heterocycles. The lowest BCUT2D eigenvalue weighted by molar-refractivity contribution is -0.127. The van der Waals surface area contributed by atoms with E-state index in [1.165, 1.54) is 27.6 Å². The SMILES string of the molecule is CC(C)c1nc(CN(C)C(=O)NC(CC(=O)Nc2ccccn2)C(=O)NC(CCC(Cc2ccccc2)NC(=O)OCc2cncs2)Cc2ccccc2)cs1. The first-order valence-corrected chi connectivity index (χ1v) is 20.2. The number of amides is 5. The normalized spacial score (nSPS) is 12.6. The molecule has 3 unspecified atom stereocenters. The van der Waals surface area contributed by atoms with Crippen molar-refractivity contribution < 1.29 is 23.9 Å². The van der Waals surface area contributed by atoms with Gasteiger partial charge in [0.15, 0.2) is 0 Å². The van der Waals surface area contributed by atoms with Gasteiger partial charge in [-0.25, -0.2) is 19.6 Å². The van der Waals surface area contributed by atoms with E-state index in [0.29, 0.717) is 31.5 Å². The average Bonchev–Trinajstić information content (AvgIpc) is 3.90. The van der Waals surface area contributed by atoms with Crippen LogP contribution in [0.25, 0.3) is 0 Å². The van der Waals surface area contributed by atoms with Gasteiger partial charge in [-0.15, -0.1) is 22.7 Å². The van der Waals surface area contributed by atoms with E-state index in [0.717, 1.165) is 26.7 Å². The number of nitrogens with one attached hydrogen (secondary N) is 4. The van der Waals surface area contributed by atoms with E-state index >= 15 is 0 Å². The highest BCUT2D eigenvalue weighted by atomic mass is 32.1. The minimum atomic E-state index is -1.21. The molecule has 4 N–H and O–H groups in total. The van der Waals surface area contributed by atoms with Crippen LogP contribution in [0.4, 0.5) is 15.4 Å². The summed E-state index contributed by atoms with van der Waals surface area (Å²) in [5.41, 5.74) is 4.45. The second-order valence-electron chi connectivity index (χ2n) is 13.7. The lowest BCUT2D eigenvalue weighted by atomic mass is 9.95. The van der Waals surface area contributed by atoms with E-state index in [9.17, 15) is 19.2 Å². The molecule has 13 nitrogen and oxygen atoms in total. The first kappa shape index (κ1) is 41.5. The topological polar surface area (TPSA) is 168 Å². The summed E-state index contributed by atoms with van der Waals surface area (Å²) in [4.78, 5) is 69.1. The van der Waals surface area contributed by atoms with Crippen LogP contribution in [0.2, 0.25) is 0 Å². The summed E-state index contributed by atoms with van der Waals surface area (Å²) in [5, 5.41) is 14.6. The molecule has 0 radical (unpaired) electrons. The maximum Gasteiger partial charge on any atom is 0.407 e. The highest BCUT2D eigenvalue weighted by Gasteiger charge is 2.28. The van der Waals surface area contributed by atoms with Crippen LogP contribution in [0.3, 0.4) is 0 Å². The zero-order valence-corrected chi connectivity index (χ0v) is 33.4. The molecule has 0 fully saturated rings. The van der Waals surface area contributed by atoms with E-state index in [2.05, 4.69) is 50.1 Å². The molecule has 3 heterocycles. The predicted molar refractivity (Wildman–Crippen MR) is 218 cm³/mol. The molecule has 5 rings (SSSR count). The van der Waals surface area contributed by atoms with Gasteiger partial charge in [0.2, 0.25) is 11.8 Å². The summed E-state index contributed by atoms with van der Waals surface area (Å²) in [5.74, 6) is -0.420. The highest BCUT2D eigenvalue weighted by molar-refractivity contribution is 7.09. The number of hydrogen-bond donors (Lipinski definition) is 4. The first-order valence-electron chi connectivity index (χ1n) is 18.5. The molecule has 56 heavy (non-hydrogen) atoms. The fourth-order valence-corrected chi connectivity index (χ4v) is 7.20. The molecule has 15 heteroatoms. The van der Waals surface area contributed by atoms with Crippen molar-refractivity contribution >= 4 is 52.4 Å². The number of anilines is 1. The van der Waals surface area contributed by atoms with E-state index < -0.39 is 36.0 Å². The van der Waals surface area contributed by atoms with Crippen molar-refractivity contribution in [3.8, 4) is 0 Å². The summed E-state index contributed by atoms with van der Waals surface area (Å²) in [7, 11) is 1.62. The summed E-state index contributed by atoms with van der Waals surface area (Å²) >= 11 is 2.94. The van der Waals surface area contributed by atoms with Crippen molar-refractivity contribution in [2.24, 2.45) is 0 Å². The fraction of sp³-hybridized carbons (Fsp3) is 0.341. The second-order valence-corrected chi connectivity index (χ2v) is 15.6. The molecule has 3 atom stereocenters. The molecular weight excluding hydrogens is 749 g/mol. The Kier molecular flexibility index (Phi) is 15.9. The Hall–Kier alpha value is -5.67. The van der Waals surface area contributed by atoms with Crippen molar-refractivity contribution in [1.29, 1.82) is 0 Å². The quantitative estimate of drug-likeness (QED) is 0.0716. The van der Waals surface area contributed by atoms with Crippen molar-refractivity contribution in [3.63, 3.8) is 0 Å². The Balaban J connectivity index is 1.31. The van der Waals surface area contributed by atoms with Crippen LogP contribution in [0.5, 0.6) is 0 Å². The van der Waals surface area contributed by atoms with Crippen LogP contribution in [0.1, 0.15) is 65.7 Å². The number of urea groups is 1. The number of benzene rings is 2. The number of nitrogens with zero attached hydrogens (tertiary/aromatic N) is 4. The monoisotopic (exact) mass is 796 g/mol. The number of carbonyl (C=O) groups is 4. The van der Waals surface area contributed by atoms with Gasteiger partial charge in [-0.1, -0.05) is 80.6 Å². The number of hydrogen-bond acceptors (Lipinski definition) is 10. The van der Waals surface area contributed by atoms with Gasteiger partial charge in [-0.3, -0.25) is 14.6 Å². The van der Waals surface area contributed by atoms with Gasteiger partial charge in [0.1, 0.15) is 18.5 Å². The molecule has 0 saturated carbocycles. The van der Waals surface area contributed by atoms with Crippen molar-refractivity contribution in [1.82, 2.24) is 35.8 Å². The molecule has 0 spiro atoms. The Morgan fingerprint density at radius 1 is 0.821 bits per heavy atom. The fourth-order valence-electron chi connectivity index (χ4n) is 5.87. The molecule has 0 aliphatic carbocycles. The molecule has 2 aromatic carbocycles. The Bertz CT molecular complexity index is 1960. The van der Waals surface area contributed by atoms with Gasteiger partial charge in [-0.2, -0.15) is 0 Å². The molecular formula is C41H48N8O5S2. The van der Waals surface area contributed by atoms with Gasteiger partial charge in [0.05, 0.1) is 34.1 Å². The first-order chi connectivity index (χ1) is 27.1. The maximum atomic E-state index is 14.2. The summed E-state index contributed by atoms with van der Waals surface area (Å²) in [6, 6.07) is 22.2. The second kappa shape index (κ2) is 21.4. The number of thiazole rings is 2. The van der Waals surface area contributed by atoms with Gasteiger partial charge in [0, 0.05) is 42.8 Å². The zero-order valence-electron chi connectivity index (χ0n) is 31.7. The third kappa shape index (κ3) is 13.9. The minimum absolute atomic E-state index is 0.111. The maximum absolute atomic E-state index is 14.2. The van der Waals surface area contributed by atoms with Gasteiger partial charge in [0.25, 0.3) is 0 Å². The Morgan fingerprint density at radius 3 is 2.07 bits per heavy atom. The van der Waals surface area contributed by atoms with E-state index in [1.54, 1.807) is 43.2 Å². The lowest BCUT2D eigenvalue weighted by Gasteiger charge is -2.27. The van der Waals surface area contributed by atoms with Crippen LogP contribution in [0, 0.1) is 0 Å². The highest BCUT2D eigenvalue weighted by Crippen LogP contribution is 2.20. The lowest BCUT2D eigenvalue weighted by Crippen LogP contribution is -2.53. The number of alkyl carbamates (subject to hydrolysis) is 1. The van der Waals surface area contributed by atoms with Crippen LogP contribution >= 0.6 is 22.7 Å². The largest absolute Gasteiger partial charge is 0.444 e. The van der Waals surface area contributed by atoms with Crippen LogP contribution in [-0.2, 0) is 40.3 Å². The summed E-state index contributed by atoms with van der Waals surface area (Å²) in [6.07, 6.45) is 4.31. The summed E-state index contributed by atoms with van der Waals surface area (Å²) in [6.45, 7) is 4.45. The molecule has 294 valence electrons. The number of carbonyl (C=O) groups excluding carboxylic acids is 4. The van der Waals surface area contributed by atoms with Crippen molar-refractivity contribution in [2.75, 3.05) is 12.4 Å². The van der Waals surface area contributed by atoms with Crippen LogP contribution < -0.4 is 21.3 Å². The van der Waals surface area contributed by atoms with Gasteiger partial charge >= 0.3 is 12.1 Å². The Labute approximate surface area is 335 Å². The predicted octanol–water partition coefficient (Wildman–Crippen LogP) is 6.70. The molecule has 5 amide bonds. The molecule has 3 aromatic heterocycles. The van der Waals surface area contributed by atoms with E-state index in [1.807, 2.05) is 66.0 Å². The molecule has 0 aliphatic heterocycles. The van der Waals surface area contributed by atoms with Crippen LogP contribution in [0.15, 0.2) is 102 Å². The van der Waals surface area contributed by atoms with E-state index in [4.69, 9.17) is 4.74 Å². The average molecular weight is 797 g/mol. The number of ether oxygens (including phenoxy) is 1. The standard InChI is InChI=1S/C41H48N8O5S2/c1-28(2)39-45-33(26-55-39)24-49(3)40(52)47-35(22-37(50)48-36-16-10-11-19-43-36)38(51)44-31(20-29-12-6-4-7-13-29)17-18-32(21-30-14-8-5-9-15-30)46-41(53)54-25-34-23-42-27-56-34/h4-16,19,23,26-28,31-32,35H,17-18,20-22,24-25H2,1-3H3,(H,44,51)(H,46,53)(H,47,52)(H,43,48,50). The molecule has 0 bridgehead atoms. The smallest absolute Gasteiger partial charge is 0.407 e. The van der Waals surface area contributed by atoms with E-state index in [-0.39, 0.29) is 31.5 Å². The third-order valence-electron chi connectivity index (χ3n) is 8.76. The number of pyridine rings is 1. The van der Waals surface area contributed by atoms with Gasteiger partial charge < -0.3 is 30.9 Å². The zero-order chi connectivity index (χ0) is 39.7. The van der Waals surface area contributed by atoms with Gasteiger partial charge in [-0.05, 0) is 48.9 Å². The molecule has 5 aromatic rings. The Morgan fingerprint density at radius 2 is 1.48 bits per heavy atom. The van der Waals surface area contributed by atoms with Crippen LogP contribution in [-0.4, -0.2) is 69.0 Å². The van der Waals surface area contributed by atoms with Crippen molar-refractivity contribution in [2.45, 2.75) is 83.1 Å². The molecule has 0 aliphatic rings. The number of aromatic nitrogens is 3. The summed E-state index contributed by atoms with van der Waals surface area (Å²) < 4.78 is 5.50.